The first kappa shape index (κ1) is 20.6. The van der Waals surface area contributed by atoms with E-state index in [9.17, 15) is 5.11 Å². The summed E-state index contributed by atoms with van der Waals surface area (Å²) in [5.74, 6) is 6.19. The molecular formula is C20H28N4O3S. The lowest BCUT2D eigenvalue weighted by molar-refractivity contribution is 0.0268. The summed E-state index contributed by atoms with van der Waals surface area (Å²) in [5, 5.41) is 14.0. The normalized spacial score (nSPS) is 15.7. The van der Waals surface area contributed by atoms with Gasteiger partial charge in [-0.15, -0.1) is 11.3 Å². The lowest BCUT2D eigenvalue weighted by atomic mass is 10.1. The van der Waals surface area contributed by atoms with Crippen LogP contribution in [-0.4, -0.2) is 54.3 Å². The highest BCUT2D eigenvalue weighted by Gasteiger charge is 2.20. The molecule has 152 valence electrons. The van der Waals surface area contributed by atoms with Crippen LogP contribution in [0.4, 0.5) is 5.69 Å². The molecule has 8 heteroatoms. The van der Waals surface area contributed by atoms with Crippen LogP contribution in [0.3, 0.4) is 0 Å². The fourth-order valence-corrected chi connectivity index (χ4v) is 3.85. The highest BCUT2D eigenvalue weighted by Crippen LogP contribution is 2.27. The number of thiophene rings is 1. The molecule has 0 spiro atoms. The van der Waals surface area contributed by atoms with Crippen LogP contribution in [0.15, 0.2) is 29.4 Å². The van der Waals surface area contributed by atoms with Crippen molar-refractivity contribution in [2.24, 2.45) is 10.9 Å². The molecule has 1 aliphatic rings. The average Bonchev–Trinajstić information content (AvgIpc) is 3.16. The second kappa shape index (κ2) is 8.89. The van der Waals surface area contributed by atoms with Gasteiger partial charge in [0.25, 0.3) is 0 Å². The zero-order chi connectivity index (χ0) is 20.1. The van der Waals surface area contributed by atoms with E-state index in [1.165, 1.54) is 4.88 Å². The summed E-state index contributed by atoms with van der Waals surface area (Å²) < 4.78 is 11.3. The van der Waals surface area contributed by atoms with E-state index in [0.29, 0.717) is 30.5 Å². The van der Waals surface area contributed by atoms with Crippen LogP contribution in [-0.2, 0) is 11.2 Å². The molecule has 1 aliphatic heterocycles. The number of aromatic nitrogens is 1. The molecule has 0 unspecified atom stereocenters. The van der Waals surface area contributed by atoms with Gasteiger partial charge in [-0.1, -0.05) is 6.92 Å². The van der Waals surface area contributed by atoms with Gasteiger partial charge in [0.05, 0.1) is 29.4 Å². The van der Waals surface area contributed by atoms with E-state index in [1.54, 1.807) is 25.2 Å². The maximum absolute atomic E-state index is 10.0. The standard InChI is InChI=1S/C20H28N4O3S/c1-4-15-5-6-17(28-15)19(23-21)16-11-14(24-7-9-26-10-8-24)12-18(22-16)27-13-20(2,3)25/h5-6,11-12,25H,4,7-10,13,21H2,1-3H3. The zero-order valence-corrected chi connectivity index (χ0v) is 17.5. The number of aliphatic hydroxyl groups is 1. The van der Waals surface area contributed by atoms with Crippen molar-refractivity contribution in [3.63, 3.8) is 0 Å². The Morgan fingerprint density at radius 1 is 1.36 bits per heavy atom. The zero-order valence-electron chi connectivity index (χ0n) is 16.6. The van der Waals surface area contributed by atoms with Crippen LogP contribution in [0.1, 0.15) is 36.2 Å². The average molecular weight is 405 g/mol. The predicted molar refractivity (Wildman–Crippen MR) is 113 cm³/mol. The van der Waals surface area contributed by atoms with Gasteiger partial charge in [0.1, 0.15) is 12.3 Å². The second-order valence-corrected chi connectivity index (χ2v) is 8.51. The number of anilines is 1. The smallest absolute Gasteiger partial charge is 0.216 e. The Hall–Kier alpha value is -2.16. The molecule has 0 atom stereocenters. The Balaban J connectivity index is 1.97. The van der Waals surface area contributed by atoms with Crippen LogP contribution in [0.2, 0.25) is 0 Å². The quantitative estimate of drug-likeness (QED) is 0.418. The van der Waals surface area contributed by atoms with E-state index in [1.807, 2.05) is 18.2 Å². The molecule has 2 aromatic rings. The van der Waals surface area contributed by atoms with Gasteiger partial charge in [-0.3, -0.25) is 0 Å². The molecule has 0 bridgehead atoms. The lowest BCUT2D eigenvalue weighted by Crippen LogP contribution is -2.36. The van der Waals surface area contributed by atoms with Crippen LogP contribution in [0, 0.1) is 0 Å². The van der Waals surface area contributed by atoms with Crippen molar-refractivity contribution in [3.05, 3.63) is 39.7 Å². The minimum Gasteiger partial charge on any atom is -0.475 e. The Labute approximate surface area is 169 Å². The Kier molecular flexibility index (Phi) is 6.53. The Bertz CT molecular complexity index is 823. The van der Waals surface area contributed by atoms with Gasteiger partial charge in [0.15, 0.2) is 0 Å². The molecule has 3 N–H and O–H groups in total. The second-order valence-electron chi connectivity index (χ2n) is 7.35. The molecule has 7 nitrogen and oxygen atoms in total. The van der Waals surface area contributed by atoms with Crippen molar-refractivity contribution in [1.29, 1.82) is 0 Å². The maximum Gasteiger partial charge on any atom is 0.216 e. The molecule has 3 rings (SSSR count). The monoisotopic (exact) mass is 404 g/mol. The number of pyridine rings is 1. The highest BCUT2D eigenvalue weighted by atomic mass is 32.1. The van der Waals surface area contributed by atoms with E-state index >= 15 is 0 Å². The first-order valence-electron chi connectivity index (χ1n) is 9.47. The third kappa shape index (κ3) is 5.21. The van der Waals surface area contributed by atoms with Gasteiger partial charge in [0.2, 0.25) is 5.88 Å². The van der Waals surface area contributed by atoms with Crippen LogP contribution in [0.25, 0.3) is 0 Å². The minimum atomic E-state index is -0.953. The first-order valence-corrected chi connectivity index (χ1v) is 10.3. The predicted octanol–water partition coefficient (Wildman–Crippen LogP) is 2.40. The van der Waals surface area contributed by atoms with Crippen molar-refractivity contribution in [2.45, 2.75) is 32.8 Å². The third-order valence-electron chi connectivity index (χ3n) is 4.35. The Morgan fingerprint density at radius 2 is 2.11 bits per heavy atom. The number of ether oxygens (including phenoxy) is 2. The number of nitrogens with two attached hydrogens (primary N) is 1. The molecule has 0 radical (unpaired) electrons. The lowest BCUT2D eigenvalue weighted by Gasteiger charge is -2.29. The molecule has 28 heavy (non-hydrogen) atoms. The third-order valence-corrected chi connectivity index (χ3v) is 5.59. The molecule has 0 amide bonds. The minimum absolute atomic E-state index is 0.139. The summed E-state index contributed by atoms with van der Waals surface area (Å²) in [6, 6.07) is 7.98. The van der Waals surface area contributed by atoms with E-state index in [-0.39, 0.29) is 6.61 Å². The summed E-state index contributed by atoms with van der Waals surface area (Å²) in [7, 11) is 0. The maximum atomic E-state index is 10.0. The van der Waals surface area contributed by atoms with Gasteiger partial charge >= 0.3 is 0 Å². The first-order chi connectivity index (χ1) is 13.4. The highest BCUT2D eigenvalue weighted by molar-refractivity contribution is 7.14. The topological polar surface area (TPSA) is 93.2 Å². The Morgan fingerprint density at radius 3 is 2.71 bits per heavy atom. The van der Waals surface area contributed by atoms with Gasteiger partial charge in [0, 0.05) is 29.7 Å². The van der Waals surface area contributed by atoms with Crippen molar-refractivity contribution >= 4 is 22.7 Å². The van der Waals surface area contributed by atoms with Gasteiger partial charge < -0.3 is 25.3 Å². The number of hydrogen-bond acceptors (Lipinski definition) is 8. The molecule has 3 heterocycles. The molecule has 0 aromatic carbocycles. The number of hydrazone groups is 1. The summed E-state index contributed by atoms with van der Waals surface area (Å²) >= 11 is 1.66. The van der Waals surface area contributed by atoms with Gasteiger partial charge in [-0.2, -0.15) is 5.10 Å². The SMILES string of the molecule is CCc1ccc(C(=NN)c2cc(N3CCOCC3)cc(OCC(C)(C)O)n2)s1. The molecule has 2 aromatic heterocycles. The molecular weight excluding hydrogens is 376 g/mol. The van der Waals surface area contributed by atoms with Crippen LogP contribution < -0.4 is 15.5 Å². The summed E-state index contributed by atoms with van der Waals surface area (Å²) in [6.07, 6.45) is 0.962. The fourth-order valence-electron chi connectivity index (χ4n) is 2.89. The number of aryl methyl sites for hydroxylation is 1. The van der Waals surface area contributed by atoms with Gasteiger partial charge in [-0.25, -0.2) is 4.98 Å². The number of nitrogens with zero attached hydrogens (tertiary/aromatic N) is 3. The van der Waals surface area contributed by atoms with Crippen molar-refractivity contribution < 1.29 is 14.6 Å². The fraction of sp³-hybridized carbons (Fsp3) is 0.500. The molecule has 0 aliphatic carbocycles. The van der Waals surface area contributed by atoms with E-state index in [2.05, 4.69) is 28.0 Å². The van der Waals surface area contributed by atoms with E-state index in [4.69, 9.17) is 15.3 Å². The van der Waals surface area contributed by atoms with E-state index in [0.717, 1.165) is 30.1 Å². The van der Waals surface area contributed by atoms with Crippen molar-refractivity contribution in [3.8, 4) is 5.88 Å². The molecule has 1 fully saturated rings. The van der Waals surface area contributed by atoms with Crippen molar-refractivity contribution in [2.75, 3.05) is 37.8 Å². The van der Waals surface area contributed by atoms with Crippen molar-refractivity contribution in [1.82, 2.24) is 4.98 Å². The van der Waals surface area contributed by atoms with Crippen LogP contribution in [0.5, 0.6) is 5.88 Å². The summed E-state index contributed by atoms with van der Waals surface area (Å²) in [6.45, 7) is 8.61. The summed E-state index contributed by atoms with van der Waals surface area (Å²) in [4.78, 5) is 9.08. The van der Waals surface area contributed by atoms with E-state index < -0.39 is 5.60 Å². The van der Waals surface area contributed by atoms with Gasteiger partial charge in [-0.05, 0) is 38.5 Å². The molecule has 0 saturated carbocycles. The van der Waals surface area contributed by atoms with Crippen LogP contribution >= 0.6 is 11.3 Å². The number of morpholine rings is 1. The summed E-state index contributed by atoms with van der Waals surface area (Å²) in [5.41, 5.74) is 1.31. The number of hydrogen-bond donors (Lipinski definition) is 2. The largest absolute Gasteiger partial charge is 0.475 e. The molecule has 1 saturated heterocycles. The number of rotatable bonds is 7.